The number of carbonyl (C=O) groups excluding carboxylic acids is 2. The number of imidazole rings is 1. The highest BCUT2D eigenvalue weighted by atomic mass is 16.2. The molecule has 0 saturated heterocycles. The van der Waals surface area contributed by atoms with Crippen LogP contribution < -0.4 is 5.32 Å². The van der Waals surface area contributed by atoms with E-state index in [2.05, 4.69) is 17.2 Å². The van der Waals surface area contributed by atoms with Crippen molar-refractivity contribution in [1.29, 1.82) is 0 Å². The van der Waals surface area contributed by atoms with Crippen molar-refractivity contribution in [1.82, 2.24) is 14.3 Å². The molecule has 2 aromatic heterocycles. The molecule has 0 aliphatic rings. The van der Waals surface area contributed by atoms with E-state index in [1.165, 1.54) is 0 Å². The minimum atomic E-state index is -0.347. The van der Waals surface area contributed by atoms with Crippen LogP contribution in [0.4, 0.5) is 5.69 Å². The Morgan fingerprint density at radius 3 is 2.63 bits per heavy atom. The van der Waals surface area contributed by atoms with Crippen LogP contribution in [0.1, 0.15) is 46.4 Å². The number of fused-ring (bicyclic) bond motifs is 1. The minimum absolute atomic E-state index is 0.179. The van der Waals surface area contributed by atoms with Crippen LogP contribution >= 0.6 is 0 Å². The van der Waals surface area contributed by atoms with Crippen LogP contribution in [-0.2, 0) is 0 Å². The van der Waals surface area contributed by atoms with Gasteiger partial charge in [-0.3, -0.25) is 14.0 Å². The Bertz CT molecular complexity index is 977. The van der Waals surface area contributed by atoms with E-state index < -0.39 is 0 Å². The number of aryl methyl sites for hydroxylation is 1. The Kier molecular flexibility index (Phi) is 5.54. The molecule has 0 aliphatic carbocycles. The van der Waals surface area contributed by atoms with Crippen LogP contribution in [-0.4, -0.2) is 39.7 Å². The van der Waals surface area contributed by atoms with Gasteiger partial charge in [0.15, 0.2) is 5.69 Å². The molecular formula is C21H24N4O2. The number of nitrogens with zero attached hydrogens (tertiary/aromatic N) is 3. The Labute approximate surface area is 158 Å². The van der Waals surface area contributed by atoms with Crippen molar-refractivity contribution in [2.75, 3.05) is 18.9 Å². The van der Waals surface area contributed by atoms with Crippen LogP contribution in [0, 0.1) is 6.92 Å². The number of amides is 2. The second kappa shape index (κ2) is 8.03. The lowest BCUT2D eigenvalue weighted by Crippen LogP contribution is -2.28. The van der Waals surface area contributed by atoms with Crippen LogP contribution in [0.2, 0.25) is 0 Å². The van der Waals surface area contributed by atoms with Crippen LogP contribution in [0.5, 0.6) is 0 Å². The molecule has 1 N–H and O–H groups in total. The third kappa shape index (κ3) is 3.84. The number of carbonyl (C=O) groups is 2. The molecular weight excluding hydrogens is 340 g/mol. The van der Waals surface area contributed by atoms with Crippen LogP contribution in [0.25, 0.3) is 5.52 Å². The highest BCUT2D eigenvalue weighted by molar-refractivity contribution is 6.06. The standard InChI is InChI=1S/C21H24N4O2/c1-4-5-13-24(3)21(27)18-17-12-8-9-14-25(17)19(23-18)20(26)22-16-11-7-6-10-15(16)2/h6-12,14H,4-5,13H2,1-3H3,(H,22,26). The van der Waals surface area contributed by atoms with Crippen LogP contribution in [0.15, 0.2) is 48.7 Å². The van der Waals surface area contributed by atoms with Crippen molar-refractivity contribution in [2.24, 2.45) is 0 Å². The quantitative estimate of drug-likeness (QED) is 0.724. The number of pyridine rings is 1. The van der Waals surface area contributed by atoms with Gasteiger partial charge in [0, 0.05) is 25.5 Å². The van der Waals surface area contributed by atoms with Gasteiger partial charge in [-0.15, -0.1) is 0 Å². The van der Waals surface area contributed by atoms with Gasteiger partial charge >= 0.3 is 0 Å². The monoisotopic (exact) mass is 364 g/mol. The van der Waals surface area contributed by atoms with E-state index in [1.54, 1.807) is 28.6 Å². The molecule has 140 valence electrons. The van der Waals surface area contributed by atoms with Crippen molar-refractivity contribution >= 4 is 23.0 Å². The number of hydrogen-bond donors (Lipinski definition) is 1. The summed E-state index contributed by atoms with van der Waals surface area (Å²) in [5, 5.41) is 2.89. The summed E-state index contributed by atoms with van der Waals surface area (Å²) in [5.74, 6) is -0.330. The Hall–Kier alpha value is -3.15. The summed E-state index contributed by atoms with van der Waals surface area (Å²) in [6.07, 6.45) is 3.68. The third-order valence-electron chi connectivity index (χ3n) is 4.54. The predicted octanol–water partition coefficient (Wildman–Crippen LogP) is 3.77. The predicted molar refractivity (Wildman–Crippen MR) is 106 cm³/mol. The summed E-state index contributed by atoms with van der Waals surface area (Å²) in [7, 11) is 1.76. The molecule has 0 bridgehead atoms. The average molecular weight is 364 g/mol. The average Bonchev–Trinajstić information content (AvgIpc) is 3.07. The van der Waals surface area contributed by atoms with E-state index in [-0.39, 0.29) is 17.6 Å². The van der Waals surface area contributed by atoms with Gasteiger partial charge in [-0.05, 0) is 37.1 Å². The minimum Gasteiger partial charge on any atom is -0.340 e. The highest BCUT2D eigenvalue weighted by Gasteiger charge is 2.23. The lowest BCUT2D eigenvalue weighted by Gasteiger charge is -2.15. The van der Waals surface area contributed by atoms with Crippen molar-refractivity contribution in [3.8, 4) is 0 Å². The molecule has 0 aliphatic heterocycles. The summed E-state index contributed by atoms with van der Waals surface area (Å²) in [4.78, 5) is 31.7. The fraction of sp³-hybridized carbons (Fsp3) is 0.286. The third-order valence-corrected chi connectivity index (χ3v) is 4.54. The van der Waals surface area contributed by atoms with Crippen LogP contribution in [0.3, 0.4) is 0 Å². The molecule has 0 radical (unpaired) electrons. The second-order valence-corrected chi connectivity index (χ2v) is 6.59. The molecule has 3 rings (SSSR count). The molecule has 0 fully saturated rings. The molecule has 6 heteroatoms. The molecule has 6 nitrogen and oxygen atoms in total. The molecule has 3 aromatic rings. The molecule has 2 amide bonds. The number of aromatic nitrogens is 2. The first kappa shape index (κ1) is 18.6. The van der Waals surface area contributed by atoms with Gasteiger partial charge in [0.1, 0.15) is 0 Å². The fourth-order valence-electron chi connectivity index (χ4n) is 2.92. The fourth-order valence-corrected chi connectivity index (χ4v) is 2.92. The molecule has 0 spiro atoms. The SMILES string of the molecule is CCCCN(C)C(=O)c1nc(C(=O)Nc2ccccc2C)n2ccccc12. The number of unbranched alkanes of at least 4 members (excludes halogenated alkanes) is 1. The zero-order valence-electron chi connectivity index (χ0n) is 15.9. The van der Waals surface area contributed by atoms with Gasteiger partial charge in [0.25, 0.3) is 11.8 Å². The number of rotatable bonds is 6. The molecule has 0 unspecified atom stereocenters. The normalized spacial score (nSPS) is 10.8. The number of para-hydroxylation sites is 1. The highest BCUT2D eigenvalue weighted by Crippen LogP contribution is 2.18. The zero-order chi connectivity index (χ0) is 19.4. The molecule has 0 saturated carbocycles. The first-order chi connectivity index (χ1) is 13.0. The lowest BCUT2D eigenvalue weighted by atomic mass is 10.2. The molecule has 1 aromatic carbocycles. The number of anilines is 1. The number of benzene rings is 1. The van der Waals surface area contributed by atoms with Crippen molar-refractivity contribution < 1.29 is 9.59 Å². The van der Waals surface area contributed by atoms with Gasteiger partial charge in [-0.2, -0.15) is 0 Å². The van der Waals surface area contributed by atoms with Gasteiger partial charge in [0.05, 0.1) is 5.52 Å². The summed E-state index contributed by atoms with van der Waals surface area (Å²) in [6.45, 7) is 4.67. The van der Waals surface area contributed by atoms with Gasteiger partial charge in [-0.25, -0.2) is 4.98 Å². The lowest BCUT2D eigenvalue weighted by molar-refractivity contribution is 0.0790. The second-order valence-electron chi connectivity index (χ2n) is 6.59. The Balaban J connectivity index is 1.96. The summed E-state index contributed by atoms with van der Waals surface area (Å²) in [6, 6.07) is 13.0. The number of nitrogens with one attached hydrogen (secondary N) is 1. The number of hydrogen-bond acceptors (Lipinski definition) is 3. The summed E-state index contributed by atoms with van der Waals surface area (Å²) in [5.41, 5.74) is 2.61. The topological polar surface area (TPSA) is 66.7 Å². The van der Waals surface area contributed by atoms with E-state index in [1.807, 2.05) is 43.3 Å². The van der Waals surface area contributed by atoms with Crippen molar-refractivity contribution in [3.05, 3.63) is 65.7 Å². The van der Waals surface area contributed by atoms with Gasteiger partial charge < -0.3 is 10.2 Å². The van der Waals surface area contributed by atoms with Gasteiger partial charge in [0.2, 0.25) is 5.82 Å². The Morgan fingerprint density at radius 2 is 1.89 bits per heavy atom. The van der Waals surface area contributed by atoms with E-state index in [4.69, 9.17) is 0 Å². The van der Waals surface area contributed by atoms with E-state index in [0.717, 1.165) is 24.1 Å². The van der Waals surface area contributed by atoms with E-state index in [9.17, 15) is 9.59 Å². The van der Waals surface area contributed by atoms with Gasteiger partial charge in [-0.1, -0.05) is 37.6 Å². The first-order valence-electron chi connectivity index (χ1n) is 9.12. The molecule has 0 atom stereocenters. The molecule has 2 heterocycles. The maximum absolute atomic E-state index is 12.8. The summed E-state index contributed by atoms with van der Waals surface area (Å²) < 4.78 is 1.66. The van der Waals surface area contributed by atoms with Crippen molar-refractivity contribution in [2.45, 2.75) is 26.7 Å². The maximum atomic E-state index is 12.8. The molecule has 27 heavy (non-hydrogen) atoms. The maximum Gasteiger partial charge on any atom is 0.292 e. The first-order valence-corrected chi connectivity index (χ1v) is 9.12. The Morgan fingerprint density at radius 1 is 1.15 bits per heavy atom. The smallest absolute Gasteiger partial charge is 0.292 e. The van der Waals surface area contributed by atoms with Crippen molar-refractivity contribution in [3.63, 3.8) is 0 Å². The largest absolute Gasteiger partial charge is 0.340 e. The zero-order valence-corrected chi connectivity index (χ0v) is 15.9. The summed E-state index contributed by atoms with van der Waals surface area (Å²) >= 11 is 0. The van der Waals surface area contributed by atoms with E-state index in [0.29, 0.717) is 17.8 Å². The van der Waals surface area contributed by atoms with E-state index >= 15 is 0 Å².